The van der Waals surface area contributed by atoms with Gasteiger partial charge in [-0.2, -0.15) is 0 Å². The molecule has 1 aromatic heterocycles. The Morgan fingerprint density at radius 3 is 2.53 bits per heavy atom. The fourth-order valence-electron chi connectivity index (χ4n) is 2.31. The lowest BCUT2D eigenvalue weighted by Crippen LogP contribution is -2.19. The summed E-state index contributed by atoms with van der Waals surface area (Å²) in [6.45, 7) is 0. The highest BCUT2D eigenvalue weighted by atomic mass is 35.5. The van der Waals surface area contributed by atoms with Gasteiger partial charge in [0.15, 0.2) is 0 Å². The molecule has 9 nitrogen and oxygen atoms in total. The molecule has 0 fully saturated rings. The predicted octanol–water partition coefficient (Wildman–Crippen LogP) is 4.78. The maximum Gasteiger partial charge on any atom is 0.323 e. The number of nitrogens with two attached hydrogens (primary N) is 1. The number of amides is 2. The largest absolute Gasteiger partial charge is 0.438 e. The first-order chi connectivity index (χ1) is 14.5. The number of carbonyl (C=O) groups excluding carboxylic acids is 1. The SMILES string of the molecule is CON=Cc1c(N)ncnc1Oc1ccc(NC(=O)Nc2ccccc2Cl)c(Cl)c1. The number of hydrogen-bond acceptors (Lipinski definition) is 7. The molecule has 0 bridgehead atoms. The number of nitrogens with zero attached hydrogens (tertiary/aromatic N) is 3. The molecule has 0 aliphatic carbocycles. The molecule has 11 heteroatoms. The lowest BCUT2D eigenvalue weighted by molar-refractivity contribution is 0.215. The van der Waals surface area contributed by atoms with E-state index in [-0.39, 0.29) is 16.7 Å². The number of nitrogen functional groups attached to an aromatic ring is 1. The van der Waals surface area contributed by atoms with Gasteiger partial charge in [-0.3, -0.25) is 0 Å². The predicted molar refractivity (Wildman–Crippen MR) is 117 cm³/mol. The van der Waals surface area contributed by atoms with Crippen LogP contribution >= 0.6 is 23.2 Å². The van der Waals surface area contributed by atoms with Gasteiger partial charge in [0.05, 0.1) is 27.6 Å². The highest BCUT2D eigenvalue weighted by Gasteiger charge is 2.13. The number of para-hydroxylation sites is 1. The van der Waals surface area contributed by atoms with Crippen LogP contribution in [0.5, 0.6) is 11.6 Å². The molecular formula is C19H16Cl2N6O3. The van der Waals surface area contributed by atoms with Crippen LogP contribution in [0.4, 0.5) is 22.0 Å². The molecule has 0 spiro atoms. The van der Waals surface area contributed by atoms with E-state index in [1.54, 1.807) is 36.4 Å². The third kappa shape index (κ3) is 5.28. The van der Waals surface area contributed by atoms with E-state index >= 15 is 0 Å². The molecule has 30 heavy (non-hydrogen) atoms. The minimum Gasteiger partial charge on any atom is -0.438 e. The zero-order valence-corrected chi connectivity index (χ0v) is 17.1. The average molecular weight is 447 g/mol. The van der Waals surface area contributed by atoms with E-state index in [9.17, 15) is 4.79 Å². The summed E-state index contributed by atoms with van der Waals surface area (Å²) in [6, 6.07) is 11.1. The molecule has 154 valence electrons. The van der Waals surface area contributed by atoms with Crippen molar-refractivity contribution in [2.24, 2.45) is 5.16 Å². The molecule has 3 rings (SSSR count). The highest BCUT2D eigenvalue weighted by Crippen LogP contribution is 2.31. The maximum atomic E-state index is 12.2. The highest BCUT2D eigenvalue weighted by molar-refractivity contribution is 6.34. The zero-order valence-electron chi connectivity index (χ0n) is 15.6. The molecule has 0 saturated carbocycles. The number of benzene rings is 2. The van der Waals surface area contributed by atoms with Crippen molar-refractivity contribution < 1.29 is 14.4 Å². The molecule has 3 aromatic rings. The van der Waals surface area contributed by atoms with Gasteiger partial charge in [-0.1, -0.05) is 40.5 Å². The lowest BCUT2D eigenvalue weighted by Gasteiger charge is -2.12. The summed E-state index contributed by atoms with van der Waals surface area (Å²) in [6.07, 6.45) is 2.59. The van der Waals surface area contributed by atoms with Crippen molar-refractivity contribution in [1.82, 2.24) is 9.97 Å². The summed E-state index contributed by atoms with van der Waals surface area (Å²) >= 11 is 12.3. The molecule has 1 heterocycles. The van der Waals surface area contributed by atoms with E-state index in [1.165, 1.54) is 25.7 Å². The lowest BCUT2D eigenvalue weighted by atomic mass is 10.3. The van der Waals surface area contributed by atoms with Crippen molar-refractivity contribution in [3.8, 4) is 11.6 Å². The Balaban J connectivity index is 1.73. The van der Waals surface area contributed by atoms with E-state index in [4.69, 9.17) is 33.7 Å². The molecule has 2 aromatic carbocycles. The van der Waals surface area contributed by atoms with Gasteiger partial charge in [0.2, 0.25) is 5.88 Å². The monoisotopic (exact) mass is 446 g/mol. The van der Waals surface area contributed by atoms with E-state index in [0.29, 0.717) is 27.7 Å². The smallest absolute Gasteiger partial charge is 0.323 e. The van der Waals surface area contributed by atoms with Crippen LogP contribution in [0, 0.1) is 0 Å². The summed E-state index contributed by atoms with van der Waals surface area (Å²) in [5.41, 5.74) is 7.02. The molecule has 0 atom stereocenters. The van der Waals surface area contributed by atoms with Crippen LogP contribution in [0.15, 0.2) is 53.9 Å². The van der Waals surface area contributed by atoms with Gasteiger partial charge in [-0.25, -0.2) is 14.8 Å². The Morgan fingerprint density at radius 1 is 1.10 bits per heavy atom. The van der Waals surface area contributed by atoms with Crippen molar-refractivity contribution in [1.29, 1.82) is 0 Å². The summed E-state index contributed by atoms with van der Waals surface area (Å²) in [4.78, 5) is 24.8. The topological polar surface area (TPSA) is 124 Å². The number of rotatable bonds is 6. The van der Waals surface area contributed by atoms with Crippen LogP contribution in [-0.2, 0) is 4.84 Å². The normalized spacial score (nSPS) is 10.6. The first-order valence-corrected chi connectivity index (χ1v) is 9.20. The van der Waals surface area contributed by atoms with E-state index in [0.717, 1.165) is 0 Å². The second-order valence-corrected chi connectivity index (χ2v) is 6.51. The van der Waals surface area contributed by atoms with Crippen LogP contribution in [0.1, 0.15) is 5.56 Å². The fraction of sp³-hybridized carbons (Fsp3) is 0.0526. The number of hydrogen-bond donors (Lipinski definition) is 3. The number of anilines is 3. The standard InChI is InChI=1S/C19H16Cl2N6O3/c1-29-25-9-12-17(22)23-10-24-18(12)30-11-6-7-16(14(21)8-11)27-19(28)26-15-5-3-2-4-13(15)20/h2-10H,1H3,(H2,22,23,24)(H2,26,27,28). The molecule has 0 aliphatic heterocycles. The minimum absolute atomic E-state index is 0.163. The summed E-state index contributed by atoms with van der Waals surface area (Å²) < 4.78 is 5.73. The summed E-state index contributed by atoms with van der Waals surface area (Å²) in [5, 5.41) is 9.61. The third-order valence-electron chi connectivity index (χ3n) is 3.69. The Bertz CT molecular complexity index is 1090. The summed E-state index contributed by atoms with van der Waals surface area (Å²) in [5.74, 6) is 0.695. The van der Waals surface area contributed by atoms with Gasteiger partial charge in [-0.05, 0) is 24.3 Å². The van der Waals surface area contributed by atoms with Crippen LogP contribution in [0.3, 0.4) is 0 Å². The van der Waals surface area contributed by atoms with Crippen LogP contribution in [-0.4, -0.2) is 29.3 Å². The van der Waals surface area contributed by atoms with E-state index < -0.39 is 6.03 Å². The number of nitrogens with one attached hydrogen (secondary N) is 2. The van der Waals surface area contributed by atoms with Crippen molar-refractivity contribution in [3.63, 3.8) is 0 Å². The van der Waals surface area contributed by atoms with Gasteiger partial charge < -0.3 is 25.9 Å². The second-order valence-electron chi connectivity index (χ2n) is 5.70. The van der Waals surface area contributed by atoms with Crippen LogP contribution < -0.4 is 21.1 Å². The number of ether oxygens (including phenoxy) is 1. The molecule has 0 saturated heterocycles. The van der Waals surface area contributed by atoms with E-state index in [2.05, 4.69) is 30.6 Å². The first kappa shape index (κ1) is 21.2. The number of urea groups is 1. The Kier molecular flexibility index (Phi) is 6.89. The number of halogens is 2. The molecule has 2 amide bonds. The fourth-order valence-corrected chi connectivity index (χ4v) is 2.71. The van der Waals surface area contributed by atoms with Gasteiger partial charge in [0, 0.05) is 6.07 Å². The Labute approximate surface area is 181 Å². The molecule has 0 aliphatic rings. The van der Waals surface area contributed by atoms with Gasteiger partial charge in [0.25, 0.3) is 0 Å². The quantitative estimate of drug-likeness (QED) is 0.369. The van der Waals surface area contributed by atoms with Crippen LogP contribution in [0.25, 0.3) is 0 Å². The maximum absolute atomic E-state index is 12.2. The number of carbonyl (C=O) groups is 1. The Hall–Kier alpha value is -3.56. The Morgan fingerprint density at radius 2 is 1.83 bits per heavy atom. The minimum atomic E-state index is -0.500. The molecular weight excluding hydrogens is 431 g/mol. The van der Waals surface area contributed by atoms with Crippen molar-refractivity contribution in [2.75, 3.05) is 23.5 Å². The van der Waals surface area contributed by atoms with Gasteiger partial charge >= 0.3 is 6.03 Å². The van der Waals surface area contributed by atoms with Crippen molar-refractivity contribution in [3.05, 3.63) is 64.4 Å². The van der Waals surface area contributed by atoms with Gasteiger partial charge in [-0.15, -0.1) is 0 Å². The first-order valence-electron chi connectivity index (χ1n) is 8.45. The van der Waals surface area contributed by atoms with E-state index in [1.807, 2.05) is 0 Å². The zero-order chi connectivity index (χ0) is 21.5. The molecule has 4 N–H and O–H groups in total. The number of aromatic nitrogens is 2. The number of oxime groups is 1. The van der Waals surface area contributed by atoms with Crippen LogP contribution in [0.2, 0.25) is 10.0 Å². The summed E-state index contributed by atoms with van der Waals surface area (Å²) in [7, 11) is 1.39. The molecule has 0 radical (unpaired) electrons. The van der Waals surface area contributed by atoms with Crippen molar-refractivity contribution >= 4 is 52.6 Å². The molecule has 0 unspecified atom stereocenters. The second kappa shape index (κ2) is 9.77. The van der Waals surface area contributed by atoms with Crippen molar-refractivity contribution in [2.45, 2.75) is 0 Å². The third-order valence-corrected chi connectivity index (χ3v) is 4.33. The average Bonchev–Trinajstić information content (AvgIpc) is 2.71. The van der Waals surface area contributed by atoms with Gasteiger partial charge in [0.1, 0.15) is 30.6 Å².